The molecule has 0 amide bonds. The lowest BCUT2D eigenvalue weighted by atomic mass is 9.70. The zero-order valence-corrected chi connectivity index (χ0v) is 23.3. The zero-order chi connectivity index (χ0) is 26.1. The van der Waals surface area contributed by atoms with Gasteiger partial charge in [0, 0.05) is 24.0 Å². The van der Waals surface area contributed by atoms with Crippen LogP contribution in [0.3, 0.4) is 0 Å². The molecular formula is C32H34Cl2N4. The Morgan fingerprint density at radius 1 is 0.974 bits per heavy atom. The quantitative estimate of drug-likeness (QED) is 0.340. The van der Waals surface area contributed by atoms with Crippen molar-refractivity contribution in [1.29, 1.82) is 0 Å². The second kappa shape index (κ2) is 11.2. The minimum Gasteiger partial charge on any atom is -0.324 e. The molecule has 1 fully saturated rings. The number of rotatable bonds is 6. The summed E-state index contributed by atoms with van der Waals surface area (Å²) in [5.74, 6) is 1.50. The van der Waals surface area contributed by atoms with Crippen LogP contribution in [-0.4, -0.2) is 34.5 Å². The second-order valence-corrected chi connectivity index (χ2v) is 11.7. The lowest BCUT2D eigenvalue weighted by Gasteiger charge is -2.35. The number of likely N-dealkylation sites (tertiary alicyclic amines) is 1. The van der Waals surface area contributed by atoms with Gasteiger partial charge >= 0.3 is 0 Å². The largest absolute Gasteiger partial charge is 0.324 e. The highest BCUT2D eigenvalue weighted by atomic mass is 35.5. The van der Waals surface area contributed by atoms with Crippen molar-refractivity contribution in [2.45, 2.75) is 44.9 Å². The lowest BCUT2D eigenvalue weighted by Crippen LogP contribution is -2.31. The summed E-state index contributed by atoms with van der Waals surface area (Å²) in [7, 11) is 0. The zero-order valence-electron chi connectivity index (χ0n) is 21.8. The van der Waals surface area contributed by atoms with Gasteiger partial charge in [0.25, 0.3) is 0 Å². The van der Waals surface area contributed by atoms with Crippen LogP contribution in [0.1, 0.15) is 48.8 Å². The molecule has 6 heteroatoms. The number of nitrogens with zero attached hydrogens (tertiary/aromatic N) is 3. The molecule has 196 valence electrons. The number of nitrogens with one attached hydrogen (secondary N) is 1. The number of hydrogen-bond acceptors (Lipinski definition) is 4. The lowest BCUT2D eigenvalue weighted by molar-refractivity contribution is 0.231. The Bertz CT molecular complexity index is 1380. The van der Waals surface area contributed by atoms with Crippen molar-refractivity contribution in [2.24, 2.45) is 11.8 Å². The molecule has 2 aromatic carbocycles. The topological polar surface area (TPSA) is 41.1 Å². The number of anilines is 2. The van der Waals surface area contributed by atoms with E-state index in [1.807, 2.05) is 6.20 Å². The molecule has 3 aliphatic rings. The number of benzene rings is 2. The molecular weight excluding hydrogens is 511 g/mol. The van der Waals surface area contributed by atoms with Crippen LogP contribution in [0.15, 0.2) is 76.9 Å². The Kier molecular flexibility index (Phi) is 7.56. The molecule has 1 aromatic heterocycles. The molecule has 2 aliphatic carbocycles. The first-order valence-corrected chi connectivity index (χ1v) is 14.6. The molecule has 38 heavy (non-hydrogen) atoms. The minimum atomic E-state index is 0.268. The summed E-state index contributed by atoms with van der Waals surface area (Å²) in [6.45, 7) is 5.81. The van der Waals surface area contributed by atoms with Gasteiger partial charge in [0.1, 0.15) is 0 Å². The number of fused-ring (bicyclic) bond motifs is 3. The van der Waals surface area contributed by atoms with Gasteiger partial charge in [-0.3, -0.25) is 0 Å². The molecule has 3 unspecified atom stereocenters. The highest BCUT2D eigenvalue weighted by molar-refractivity contribution is 6.44. The molecule has 1 N–H and O–H groups in total. The van der Waals surface area contributed by atoms with E-state index in [1.165, 1.54) is 54.6 Å². The van der Waals surface area contributed by atoms with Crippen LogP contribution < -0.4 is 5.32 Å². The molecule has 3 aromatic rings. The van der Waals surface area contributed by atoms with E-state index in [0.717, 1.165) is 30.8 Å². The Hall–Kier alpha value is -2.66. The van der Waals surface area contributed by atoms with E-state index in [-0.39, 0.29) is 5.92 Å². The van der Waals surface area contributed by atoms with Crippen molar-refractivity contribution in [3.05, 3.63) is 93.6 Å². The van der Waals surface area contributed by atoms with Crippen LogP contribution >= 0.6 is 23.2 Å². The Balaban J connectivity index is 1.22. The number of piperidine rings is 1. The van der Waals surface area contributed by atoms with E-state index in [9.17, 15) is 0 Å². The minimum absolute atomic E-state index is 0.268. The van der Waals surface area contributed by atoms with E-state index < -0.39 is 0 Å². The van der Waals surface area contributed by atoms with Crippen molar-refractivity contribution in [3.8, 4) is 11.3 Å². The molecule has 6 rings (SSSR count). The highest BCUT2D eigenvalue weighted by Gasteiger charge is 2.34. The predicted molar refractivity (Wildman–Crippen MR) is 158 cm³/mol. The monoisotopic (exact) mass is 544 g/mol. The number of aromatic nitrogens is 2. The fourth-order valence-electron chi connectivity index (χ4n) is 6.28. The fourth-order valence-corrected chi connectivity index (χ4v) is 6.75. The number of allylic oxidation sites excluding steroid dienone is 4. The Morgan fingerprint density at radius 3 is 2.66 bits per heavy atom. The maximum absolute atomic E-state index is 6.47. The first kappa shape index (κ1) is 25.6. The first-order chi connectivity index (χ1) is 18.5. The summed E-state index contributed by atoms with van der Waals surface area (Å²) in [5.41, 5.74) is 7.05. The third kappa shape index (κ3) is 5.40. The van der Waals surface area contributed by atoms with Gasteiger partial charge in [0.15, 0.2) is 0 Å². The van der Waals surface area contributed by atoms with E-state index in [0.29, 0.717) is 27.8 Å². The normalized spacial score (nSPS) is 23.2. The van der Waals surface area contributed by atoms with Gasteiger partial charge in [0.2, 0.25) is 5.95 Å². The molecule has 0 radical (unpaired) electrons. The van der Waals surface area contributed by atoms with Crippen LogP contribution in [0.5, 0.6) is 0 Å². The second-order valence-electron chi connectivity index (χ2n) is 10.9. The van der Waals surface area contributed by atoms with Gasteiger partial charge in [0.05, 0.1) is 15.8 Å². The van der Waals surface area contributed by atoms with Gasteiger partial charge in [-0.2, -0.15) is 0 Å². The van der Waals surface area contributed by atoms with Gasteiger partial charge in [-0.1, -0.05) is 85.1 Å². The van der Waals surface area contributed by atoms with Crippen molar-refractivity contribution < 1.29 is 0 Å². The molecule has 1 aliphatic heterocycles. The number of hydrogen-bond donors (Lipinski definition) is 1. The molecule has 3 atom stereocenters. The number of halogens is 2. The Labute approximate surface area is 235 Å². The smallest absolute Gasteiger partial charge is 0.227 e. The Morgan fingerprint density at radius 2 is 1.79 bits per heavy atom. The first-order valence-electron chi connectivity index (χ1n) is 13.8. The average Bonchev–Trinajstić information content (AvgIpc) is 2.94. The van der Waals surface area contributed by atoms with Gasteiger partial charge < -0.3 is 10.2 Å². The SMILES string of the molecule is CC1C=C(Cl)C(Cl)=CC1C1Cc2cnc(Nc3cccc(CCN4CCCCC4)c3)nc2-c2ccccc21. The summed E-state index contributed by atoms with van der Waals surface area (Å²) < 4.78 is 0. The van der Waals surface area contributed by atoms with Gasteiger partial charge in [-0.05, 0) is 85.3 Å². The summed E-state index contributed by atoms with van der Waals surface area (Å²) in [6, 6.07) is 17.3. The van der Waals surface area contributed by atoms with Gasteiger partial charge in [-0.25, -0.2) is 9.97 Å². The highest BCUT2D eigenvalue weighted by Crippen LogP contribution is 2.47. The predicted octanol–water partition coefficient (Wildman–Crippen LogP) is 8.07. The third-order valence-electron chi connectivity index (χ3n) is 8.32. The molecule has 0 spiro atoms. The maximum Gasteiger partial charge on any atom is 0.227 e. The van der Waals surface area contributed by atoms with Crippen LogP contribution in [0, 0.1) is 11.8 Å². The van der Waals surface area contributed by atoms with E-state index >= 15 is 0 Å². The summed E-state index contributed by atoms with van der Waals surface area (Å²) in [6.07, 6.45) is 12.2. The van der Waals surface area contributed by atoms with Crippen LogP contribution in [0.2, 0.25) is 0 Å². The molecule has 0 saturated carbocycles. The molecule has 0 bridgehead atoms. The average molecular weight is 546 g/mol. The summed E-state index contributed by atoms with van der Waals surface area (Å²) >= 11 is 12.8. The molecule has 1 saturated heterocycles. The van der Waals surface area contributed by atoms with E-state index in [1.54, 1.807) is 0 Å². The third-order valence-corrected chi connectivity index (χ3v) is 9.07. The van der Waals surface area contributed by atoms with Crippen LogP contribution in [0.25, 0.3) is 11.3 Å². The van der Waals surface area contributed by atoms with Crippen molar-refractivity contribution in [2.75, 3.05) is 25.0 Å². The van der Waals surface area contributed by atoms with Crippen molar-refractivity contribution in [1.82, 2.24) is 14.9 Å². The molecule has 2 heterocycles. The maximum atomic E-state index is 6.47. The van der Waals surface area contributed by atoms with E-state index in [4.69, 9.17) is 33.2 Å². The summed E-state index contributed by atoms with van der Waals surface area (Å²) in [5, 5.41) is 4.76. The van der Waals surface area contributed by atoms with Crippen molar-refractivity contribution >= 4 is 34.8 Å². The molecule has 4 nitrogen and oxygen atoms in total. The standard InChI is InChI=1S/C32H34Cl2N4/c1-21-16-29(33)30(34)19-27(21)28-18-23-20-35-32(37-31(23)26-11-4-3-10-25(26)28)36-24-9-7-8-22(17-24)12-15-38-13-5-2-6-14-38/h3-4,7-11,16-17,19-21,27-28H,2,5-6,12-15,18H2,1H3,(H,35,36,37). The van der Waals surface area contributed by atoms with E-state index in [2.05, 4.69) is 77.8 Å². The van der Waals surface area contributed by atoms with Crippen LogP contribution in [0.4, 0.5) is 11.6 Å². The summed E-state index contributed by atoms with van der Waals surface area (Å²) in [4.78, 5) is 12.3. The van der Waals surface area contributed by atoms with Crippen molar-refractivity contribution in [3.63, 3.8) is 0 Å². The van der Waals surface area contributed by atoms with Crippen LogP contribution in [-0.2, 0) is 12.8 Å². The fraction of sp³-hybridized carbons (Fsp3) is 0.375. The van der Waals surface area contributed by atoms with Gasteiger partial charge in [-0.15, -0.1) is 0 Å².